The van der Waals surface area contributed by atoms with Gasteiger partial charge in [-0.05, 0) is 68.1 Å². The molecule has 0 aliphatic carbocycles. The van der Waals surface area contributed by atoms with E-state index in [0.29, 0.717) is 6.54 Å². The molecule has 188 valence electrons. The van der Waals surface area contributed by atoms with Crippen LogP contribution < -0.4 is 4.74 Å². The monoisotopic (exact) mass is 502 g/mol. The van der Waals surface area contributed by atoms with Crippen LogP contribution in [-0.4, -0.2) is 46.5 Å². The molecule has 5 heterocycles. The first kappa shape index (κ1) is 23.5. The molecule has 0 bridgehead atoms. The van der Waals surface area contributed by atoms with Crippen molar-refractivity contribution in [1.29, 1.82) is 0 Å². The van der Waals surface area contributed by atoms with Gasteiger partial charge in [0.05, 0.1) is 23.6 Å². The summed E-state index contributed by atoms with van der Waals surface area (Å²) in [5.41, 5.74) is 6.37. The molecule has 1 aromatic carbocycles. The maximum Gasteiger partial charge on any atom is 0.155 e. The van der Waals surface area contributed by atoms with Crippen LogP contribution in [0.2, 0.25) is 0 Å². The molecule has 9 nitrogen and oxygen atoms in total. The molecule has 6 rings (SSSR count). The quantitative estimate of drug-likeness (QED) is 0.301. The Labute approximate surface area is 219 Å². The highest BCUT2D eigenvalue weighted by atomic mass is 16.5. The highest BCUT2D eigenvalue weighted by molar-refractivity contribution is 5.77. The van der Waals surface area contributed by atoms with Crippen molar-refractivity contribution in [3.63, 3.8) is 0 Å². The zero-order chi connectivity index (χ0) is 25.9. The summed E-state index contributed by atoms with van der Waals surface area (Å²) in [5, 5.41) is 4.29. The number of benzene rings is 1. The molecule has 9 heteroatoms. The van der Waals surface area contributed by atoms with E-state index in [1.165, 1.54) is 0 Å². The average molecular weight is 503 g/mol. The van der Waals surface area contributed by atoms with E-state index in [2.05, 4.69) is 44.1 Å². The Morgan fingerprint density at radius 1 is 0.921 bits per heavy atom. The standard InChI is InChI=1S/C29H26N8O/c1-20-5-3-8-25(33-20)29-28(22-9-10-27-31-19-32-37(27)17-22)34-26(35-29)18-36(2)16-21-6-4-7-24(15-21)38-23-11-13-30-14-12-23/h3-15,17,19H,16,18H2,1-2H3,(H,34,35). The maximum atomic E-state index is 5.97. The lowest BCUT2D eigenvalue weighted by molar-refractivity contribution is 0.311. The van der Waals surface area contributed by atoms with Crippen molar-refractivity contribution in [3.05, 3.63) is 109 Å². The number of nitrogens with one attached hydrogen (secondary N) is 1. The Kier molecular flexibility index (Phi) is 6.33. The summed E-state index contributed by atoms with van der Waals surface area (Å²) in [6, 6.07) is 21.8. The fourth-order valence-electron chi connectivity index (χ4n) is 4.40. The second-order valence-electron chi connectivity index (χ2n) is 9.16. The number of H-pyrrole nitrogens is 1. The van der Waals surface area contributed by atoms with Crippen molar-refractivity contribution in [2.24, 2.45) is 0 Å². The molecule has 6 aromatic rings. The summed E-state index contributed by atoms with van der Waals surface area (Å²) in [6.45, 7) is 3.34. The van der Waals surface area contributed by atoms with Crippen LogP contribution in [0.4, 0.5) is 0 Å². The Hall–Kier alpha value is -4.89. The number of aryl methyl sites for hydroxylation is 1. The predicted molar refractivity (Wildman–Crippen MR) is 144 cm³/mol. The van der Waals surface area contributed by atoms with Gasteiger partial charge in [-0.15, -0.1) is 0 Å². The van der Waals surface area contributed by atoms with Crippen LogP contribution in [0, 0.1) is 6.92 Å². The third kappa shape index (κ3) is 5.14. The van der Waals surface area contributed by atoms with Crippen LogP contribution in [0.5, 0.6) is 11.5 Å². The first-order valence-electron chi connectivity index (χ1n) is 12.3. The number of imidazole rings is 1. The molecule has 0 saturated heterocycles. The van der Waals surface area contributed by atoms with Gasteiger partial charge in [0.2, 0.25) is 0 Å². The number of aromatic nitrogens is 7. The Balaban J connectivity index is 1.25. The number of hydrogen-bond acceptors (Lipinski definition) is 7. The fourth-order valence-corrected chi connectivity index (χ4v) is 4.40. The molecule has 0 atom stereocenters. The van der Waals surface area contributed by atoms with E-state index in [-0.39, 0.29) is 0 Å². The lowest BCUT2D eigenvalue weighted by Crippen LogP contribution is -2.18. The smallest absolute Gasteiger partial charge is 0.155 e. The van der Waals surface area contributed by atoms with Crippen LogP contribution in [-0.2, 0) is 13.1 Å². The molecule has 1 N–H and O–H groups in total. The summed E-state index contributed by atoms with van der Waals surface area (Å²) < 4.78 is 7.73. The van der Waals surface area contributed by atoms with E-state index in [1.807, 2.05) is 67.7 Å². The number of rotatable bonds is 8. The molecule has 0 unspecified atom stereocenters. The van der Waals surface area contributed by atoms with Crippen molar-refractivity contribution in [3.8, 4) is 34.1 Å². The summed E-state index contributed by atoms with van der Waals surface area (Å²) in [5.74, 6) is 2.40. The van der Waals surface area contributed by atoms with Gasteiger partial charge in [0.15, 0.2) is 5.65 Å². The molecule has 0 aliphatic rings. The van der Waals surface area contributed by atoms with Crippen molar-refractivity contribution >= 4 is 5.65 Å². The number of nitrogens with zero attached hydrogens (tertiary/aromatic N) is 7. The van der Waals surface area contributed by atoms with E-state index in [0.717, 1.165) is 63.4 Å². The molecule has 0 aliphatic heterocycles. The molecule has 0 radical (unpaired) electrons. The summed E-state index contributed by atoms with van der Waals surface area (Å²) in [7, 11) is 2.07. The molecule has 0 fully saturated rings. The van der Waals surface area contributed by atoms with Gasteiger partial charge in [-0.1, -0.05) is 18.2 Å². The highest BCUT2D eigenvalue weighted by Gasteiger charge is 2.17. The Morgan fingerprint density at radius 3 is 2.66 bits per heavy atom. The number of hydrogen-bond donors (Lipinski definition) is 1. The van der Waals surface area contributed by atoms with E-state index in [1.54, 1.807) is 23.2 Å². The van der Waals surface area contributed by atoms with Crippen molar-refractivity contribution in [2.75, 3.05) is 7.05 Å². The summed E-state index contributed by atoms with van der Waals surface area (Å²) in [6.07, 6.45) is 6.92. The Bertz CT molecular complexity index is 1690. The van der Waals surface area contributed by atoms with Gasteiger partial charge < -0.3 is 9.72 Å². The molecule has 0 amide bonds. The number of ether oxygens (including phenoxy) is 1. The van der Waals surface area contributed by atoms with Gasteiger partial charge in [0.1, 0.15) is 23.7 Å². The van der Waals surface area contributed by atoms with Crippen LogP contribution in [0.1, 0.15) is 17.1 Å². The topological polar surface area (TPSA) is 97.1 Å². The minimum Gasteiger partial charge on any atom is -0.457 e. The maximum absolute atomic E-state index is 5.97. The predicted octanol–water partition coefficient (Wildman–Crippen LogP) is 5.31. The fraction of sp³-hybridized carbons (Fsp3) is 0.138. The van der Waals surface area contributed by atoms with E-state index in [9.17, 15) is 0 Å². The minimum absolute atomic E-state index is 0.625. The highest BCUT2D eigenvalue weighted by Crippen LogP contribution is 2.30. The Morgan fingerprint density at radius 2 is 1.79 bits per heavy atom. The number of pyridine rings is 3. The van der Waals surface area contributed by atoms with E-state index >= 15 is 0 Å². The van der Waals surface area contributed by atoms with E-state index in [4.69, 9.17) is 14.7 Å². The van der Waals surface area contributed by atoms with Gasteiger partial charge in [-0.3, -0.25) is 14.9 Å². The van der Waals surface area contributed by atoms with Gasteiger partial charge in [0.25, 0.3) is 0 Å². The van der Waals surface area contributed by atoms with Crippen LogP contribution in [0.3, 0.4) is 0 Å². The normalized spacial score (nSPS) is 11.3. The molecular formula is C29H26N8O. The molecule has 0 spiro atoms. The third-order valence-electron chi connectivity index (χ3n) is 6.10. The molecule has 38 heavy (non-hydrogen) atoms. The van der Waals surface area contributed by atoms with Crippen molar-refractivity contribution in [2.45, 2.75) is 20.0 Å². The first-order valence-corrected chi connectivity index (χ1v) is 12.3. The largest absolute Gasteiger partial charge is 0.457 e. The van der Waals surface area contributed by atoms with Crippen molar-refractivity contribution < 1.29 is 4.74 Å². The average Bonchev–Trinajstić information content (AvgIpc) is 3.56. The molecule has 0 saturated carbocycles. The molecular weight excluding hydrogens is 476 g/mol. The first-order chi connectivity index (χ1) is 18.6. The second kappa shape index (κ2) is 10.2. The third-order valence-corrected chi connectivity index (χ3v) is 6.10. The second-order valence-corrected chi connectivity index (χ2v) is 9.16. The number of aromatic amines is 1. The zero-order valence-corrected chi connectivity index (χ0v) is 21.1. The SMILES string of the molecule is Cc1cccc(-c2[nH]c(CN(C)Cc3cccc(Oc4ccncc4)c3)nc2-c2ccc3ncnn3c2)n1. The van der Waals surface area contributed by atoms with Gasteiger partial charge in [0, 0.05) is 36.4 Å². The zero-order valence-electron chi connectivity index (χ0n) is 21.1. The van der Waals surface area contributed by atoms with E-state index < -0.39 is 0 Å². The van der Waals surface area contributed by atoms with Crippen LogP contribution in [0.15, 0.2) is 91.6 Å². The van der Waals surface area contributed by atoms with Gasteiger partial charge in [-0.25, -0.2) is 14.5 Å². The van der Waals surface area contributed by atoms with Gasteiger partial charge >= 0.3 is 0 Å². The summed E-state index contributed by atoms with van der Waals surface area (Å²) in [4.78, 5) is 23.8. The van der Waals surface area contributed by atoms with Gasteiger partial charge in [-0.2, -0.15) is 5.10 Å². The number of fused-ring (bicyclic) bond motifs is 1. The lowest BCUT2D eigenvalue weighted by atomic mass is 10.1. The lowest BCUT2D eigenvalue weighted by Gasteiger charge is -2.16. The van der Waals surface area contributed by atoms with Crippen LogP contribution in [0.25, 0.3) is 28.3 Å². The summed E-state index contributed by atoms with van der Waals surface area (Å²) >= 11 is 0. The minimum atomic E-state index is 0.625. The molecule has 5 aromatic heterocycles. The van der Waals surface area contributed by atoms with Crippen molar-refractivity contribution in [1.82, 2.24) is 39.4 Å². The van der Waals surface area contributed by atoms with Crippen LogP contribution >= 0.6 is 0 Å².